The van der Waals surface area contributed by atoms with E-state index in [2.05, 4.69) is 23.7 Å². The van der Waals surface area contributed by atoms with E-state index in [-0.39, 0.29) is 11.4 Å². The summed E-state index contributed by atoms with van der Waals surface area (Å²) in [7, 11) is 0. The highest BCUT2D eigenvalue weighted by Gasteiger charge is 2.32. The molecule has 1 fully saturated rings. The molecule has 1 aromatic rings. The van der Waals surface area contributed by atoms with Gasteiger partial charge in [0.1, 0.15) is 11.7 Å². The fourth-order valence-electron chi connectivity index (χ4n) is 2.27. The lowest BCUT2D eigenvalue weighted by atomic mass is 10.0. The second-order valence-corrected chi connectivity index (χ2v) is 4.88. The molecule has 0 radical (unpaired) electrons. The Morgan fingerprint density at radius 2 is 2.31 bits per heavy atom. The minimum atomic E-state index is 0.0978. The Hall–Kier alpha value is -1.58. The number of nitrogens with zero attached hydrogens (tertiary/aromatic N) is 2. The summed E-state index contributed by atoms with van der Waals surface area (Å²) in [5, 5.41) is 7.43. The van der Waals surface area contributed by atoms with Gasteiger partial charge < -0.3 is 10.6 Å². The van der Waals surface area contributed by atoms with Gasteiger partial charge in [0.05, 0.1) is 0 Å². The third-order valence-electron chi connectivity index (χ3n) is 3.23. The van der Waals surface area contributed by atoms with Crippen molar-refractivity contribution in [3.63, 3.8) is 0 Å². The van der Waals surface area contributed by atoms with Crippen LogP contribution >= 0.6 is 0 Å². The molecule has 2 rings (SSSR count). The highest BCUT2D eigenvalue weighted by molar-refractivity contribution is 5.95. The van der Waals surface area contributed by atoms with E-state index in [0.717, 1.165) is 17.9 Å². The summed E-state index contributed by atoms with van der Waals surface area (Å²) >= 11 is 0. The van der Waals surface area contributed by atoms with Crippen LogP contribution in [0.2, 0.25) is 0 Å². The predicted molar refractivity (Wildman–Crippen MR) is 65.9 cm³/mol. The first kappa shape index (κ1) is 10.9. The van der Waals surface area contributed by atoms with Crippen molar-refractivity contribution >= 4 is 11.7 Å². The van der Waals surface area contributed by atoms with Gasteiger partial charge in [-0.1, -0.05) is 0 Å². The van der Waals surface area contributed by atoms with Gasteiger partial charge in [-0.2, -0.15) is 0 Å². The van der Waals surface area contributed by atoms with Crippen LogP contribution in [0.5, 0.6) is 0 Å². The van der Waals surface area contributed by atoms with Crippen LogP contribution in [0.4, 0.5) is 5.82 Å². The molecule has 0 amide bonds. The number of nitrogens with two attached hydrogens (primary N) is 1. The van der Waals surface area contributed by atoms with E-state index >= 15 is 0 Å². The lowest BCUT2D eigenvalue weighted by Gasteiger charge is -2.32. The molecule has 16 heavy (non-hydrogen) atoms. The number of hydrogen-bond donors (Lipinski definition) is 2. The van der Waals surface area contributed by atoms with Gasteiger partial charge in [0.25, 0.3) is 0 Å². The Bertz CT molecular complexity index is 411. The maximum Gasteiger partial charge on any atom is 0.129 e. The maximum absolute atomic E-state index is 7.43. The summed E-state index contributed by atoms with van der Waals surface area (Å²) in [5.41, 5.74) is 6.38. The van der Waals surface area contributed by atoms with Gasteiger partial charge in [0.15, 0.2) is 0 Å². The molecule has 0 atom stereocenters. The monoisotopic (exact) mass is 218 g/mol. The normalized spacial score (nSPS) is 18.8. The average Bonchev–Trinajstić information content (AvgIpc) is 2.58. The molecule has 0 bridgehead atoms. The van der Waals surface area contributed by atoms with E-state index in [1.807, 2.05) is 6.07 Å². The zero-order chi connectivity index (χ0) is 11.8. The molecule has 86 valence electrons. The summed E-state index contributed by atoms with van der Waals surface area (Å²) in [4.78, 5) is 6.66. The molecule has 4 nitrogen and oxygen atoms in total. The van der Waals surface area contributed by atoms with Crippen molar-refractivity contribution < 1.29 is 0 Å². The first-order valence-corrected chi connectivity index (χ1v) is 5.59. The third-order valence-corrected chi connectivity index (χ3v) is 3.23. The minimum Gasteiger partial charge on any atom is -0.384 e. The minimum absolute atomic E-state index is 0.0978. The number of nitrogens with one attached hydrogen (secondary N) is 1. The molecular formula is C12H18N4. The zero-order valence-corrected chi connectivity index (χ0v) is 9.83. The molecule has 0 aromatic carbocycles. The molecule has 0 spiro atoms. The molecule has 1 saturated heterocycles. The van der Waals surface area contributed by atoms with E-state index < -0.39 is 0 Å². The van der Waals surface area contributed by atoms with Crippen LogP contribution in [0.3, 0.4) is 0 Å². The van der Waals surface area contributed by atoms with E-state index in [0.29, 0.717) is 0 Å². The van der Waals surface area contributed by atoms with Crippen LogP contribution < -0.4 is 10.6 Å². The largest absolute Gasteiger partial charge is 0.384 e. The number of amidine groups is 1. The Kier molecular flexibility index (Phi) is 2.58. The van der Waals surface area contributed by atoms with Gasteiger partial charge >= 0.3 is 0 Å². The Labute approximate surface area is 96.0 Å². The molecule has 0 unspecified atom stereocenters. The highest BCUT2D eigenvalue weighted by Crippen LogP contribution is 2.32. The molecule has 1 aromatic heterocycles. The molecule has 1 aliphatic heterocycles. The Morgan fingerprint density at radius 1 is 1.56 bits per heavy atom. The summed E-state index contributed by atoms with van der Waals surface area (Å²) in [6.45, 7) is 5.48. The maximum atomic E-state index is 7.43. The number of hydrogen-bond acceptors (Lipinski definition) is 3. The van der Waals surface area contributed by atoms with E-state index in [1.54, 1.807) is 12.3 Å². The molecule has 2 heterocycles. The van der Waals surface area contributed by atoms with Crippen LogP contribution in [0, 0.1) is 5.41 Å². The topological polar surface area (TPSA) is 66.0 Å². The molecule has 0 aliphatic carbocycles. The number of aromatic nitrogens is 1. The Balaban J connectivity index is 2.34. The Morgan fingerprint density at radius 3 is 2.88 bits per heavy atom. The molecule has 0 saturated carbocycles. The summed E-state index contributed by atoms with van der Waals surface area (Å²) in [6, 6.07) is 3.67. The predicted octanol–water partition coefficient (Wildman–Crippen LogP) is 1.74. The second kappa shape index (κ2) is 3.77. The summed E-state index contributed by atoms with van der Waals surface area (Å²) in [6.07, 6.45) is 4.10. The number of anilines is 1. The number of pyridine rings is 1. The lowest BCUT2D eigenvalue weighted by Crippen LogP contribution is -2.38. The van der Waals surface area contributed by atoms with E-state index in [1.165, 1.54) is 12.8 Å². The van der Waals surface area contributed by atoms with Crippen LogP contribution in [0.1, 0.15) is 32.3 Å². The summed E-state index contributed by atoms with van der Waals surface area (Å²) < 4.78 is 0. The van der Waals surface area contributed by atoms with Crippen molar-refractivity contribution in [2.75, 3.05) is 11.4 Å². The standard InChI is InChI=1S/C12H18N4/c1-12(2)5-3-7-16(12)10-8-9(11(13)14)4-6-15-10/h4,6,8H,3,5,7H2,1-2H3,(H3,13,14). The van der Waals surface area contributed by atoms with Crippen LogP contribution in [-0.2, 0) is 0 Å². The SMILES string of the molecule is CC1(C)CCCN1c1cc(C(=N)N)ccn1. The van der Waals surface area contributed by atoms with E-state index in [9.17, 15) is 0 Å². The van der Waals surface area contributed by atoms with Crippen LogP contribution in [0.25, 0.3) is 0 Å². The fourth-order valence-corrected chi connectivity index (χ4v) is 2.27. The van der Waals surface area contributed by atoms with Crippen molar-refractivity contribution in [1.82, 2.24) is 4.98 Å². The fraction of sp³-hybridized carbons (Fsp3) is 0.500. The van der Waals surface area contributed by atoms with Gasteiger partial charge in [0.2, 0.25) is 0 Å². The zero-order valence-electron chi connectivity index (χ0n) is 9.83. The molecule has 3 N–H and O–H groups in total. The van der Waals surface area contributed by atoms with E-state index in [4.69, 9.17) is 11.1 Å². The third kappa shape index (κ3) is 1.87. The first-order valence-electron chi connectivity index (χ1n) is 5.59. The van der Waals surface area contributed by atoms with Gasteiger partial charge in [0, 0.05) is 23.8 Å². The molecule has 4 heteroatoms. The average molecular weight is 218 g/mol. The van der Waals surface area contributed by atoms with Gasteiger partial charge in [-0.25, -0.2) is 4.98 Å². The van der Waals surface area contributed by atoms with Crippen molar-refractivity contribution in [1.29, 1.82) is 5.41 Å². The first-order chi connectivity index (χ1) is 7.50. The second-order valence-electron chi connectivity index (χ2n) is 4.88. The van der Waals surface area contributed by atoms with Crippen molar-refractivity contribution in [2.24, 2.45) is 5.73 Å². The lowest BCUT2D eigenvalue weighted by molar-refractivity contribution is 0.514. The van der Waals surface area contributed by atoms with Crippen molar-refractivity contribution in [3.05, 3.63) is 23.9 Å². The summed E-state index contributed by atoms with van der Waals surface area (Å²) in [5.74, 6) is 1.02. The number of rotatable bonds is 2. The quantitative estimate of drug-likeness (QED) is 0.587. The molecule has 1 aliphatic rings. The van der Waals surface area contributed by atoms with Gasteiger partial charge in [-0.15, -0.1) is 0 Å². The molecular weight excluding hydrogens is 200 g/mol. The van der Waals surface area contributed by atoms with Crippen molar-refractivity contribution in [2.45, 2.75) is 32.2 Å². The highest BCUT2D eigenvalue weighted by atomic mass is 15.3. The smallest absolute Gasteiger partial charge is 0.129 e. The van der Waals surface area contributed by atoms with Gasteiger partial charge in [-0.05, 0) is 38.8 Å². The van der Waals surface area contributed by atoms with Gasteiger partial charge in [-0.3, -0.25) is 5.41 Å². The van der Waals surface area contributed by atoms with Crippen molar-refractivity contribution in [3.8, 4) is 0 Å². The van der Waals surface area contributed by atoms with Crippen LogP contribution in [0.15, 0.2) is 18.3 Å². The number of nitrogen functional groups attached to an aromatic ring is 1. The van der Waals surface area contributed by atoms with Crippen LogP contribution in [-0.4, -0.2) is 22.9 Å².